The quantitative estimate of drug-likeness (QED) is 0.786. The summed E-state index contributed by atoms with van der Waals surface area (Å²) in [6.45, 7) is 6.20. The lowest BCUT2D eigenvalue weighted by Crippen LogP contribution is -2.46. The van der Waals surface area contributed by atoms with Gasteiger partial charge < -0.3 is 4.74 Å². The molecule has 1 atom stereocenters. The van der Waals surface area contributed by atoms with E-state index in [1.165, 1.54) is 10.4 Å². The van der Waals surface area contributed by atoms with Gasteiger partial charge in [-0.05, 0) is 32.4 Å². The minimum absolute atomic E-state index is 0.152. The Hall–Kier alpha value is -1.00. The summed E-state index contributed by atoms with van der Waals surface area (Å²) in [6.07, 6.45) is -0.152. The van der Waals surface area contributed by atoms with Gasteiger partial charge in [-0.1, -0.05) is 17.7 Å². The van der Waals surface area contributed by atoms with Crippen LogP contribution in [0.4, 0.5) is 0 Å². The van der Waals surface area contributed by atoms with Crippen molar-refractivity contribution >= 4 is 20.0 Å². The summed E-state index contributed by atoms with van der Waals surface area (Å²) in [6, 6.07) is 5.03. The van der Waals surface area contributed by atoms with Gasteiger partial charge in [-0.15, -0.1) is 0 Å². The van der Waals surface area contributed by atoms with E-state index >= 15 is 0 Å². The number of nitrogens with one attached hydrogen (secondary N) is 1. The van der Waals surface area contributed by atoms with E-state index in [2.05, 4.69) is 4.72 Å². The first-order chi connectivity index (χ1) is 11.1. The molecule has 1 aromatic rings. The lowest BCUT2D eigenvalue weighted by Gasteiger charge is -2.30. The number of sulfonamides is 2. The van der Waals surface area contributed by atoms with Crippen LogP contribution in [0.5, 0.6) is 0 Å². The van der Waals surface area contributed by atoms with E-state index in [-0.39, 0.29) is 23.3 Å². The van der Waals surface area contributed by atoms with E-state index in [9.17, 15) is 16.8 Å². The summed E-state index contributed by atoms with van der Waals surface area (Å²) in [5.74, 6) is -0.274. The number of rotatable bonds is 6. The minimum atomic E-state index is -3.73. The molecule has 7 nitrogen and oxygen atoms in total. The number of aryl methyl sites for hydroxylation is 2. The Kier molecular flexibility index (Phi) is 6.03. The molecule has 1 aliphatic heterocycles. The van der Waals surface area contributed by atoms with Crippen LogP contribution in [-0.4, -0.2) is 59.2 Å². The zero-order valence-corrected chi connectivity index (χ0v) is 15.8. The molecule has 0 aromatic heterocycles. The molecule has 1 heterocycles. The van der Waals surface area contributed by atoms with E-state index in [4.69, 9.17) is 4.74 Å². The van der Waals surface area contributed by atoms with Crippen LogP contribution in [-0.2, 0) is 24.8 Å². The number of hydrogen-bond acceptors (Lipinski definition) is 5. The smallest absolute Gasteiger partial charge is 0.240 e. The highest BCUT2D eigenvalue weighted by atomic mass is 32.2. The second-order valence-corrected chi connectivity index (χ2v) is 9.85. The van der Waals surface area contributed by atoms with Crippen molar-refractivity contribution in [3.63, 3.8) is 0 Å². The molecule has 9 heteroatoms. The molecule has 0 spiro atoms. The average molecular weight is 377 g/mol. The maximum atomic E-state index is 12.3. The van der Waals surface area contributed by atoms with Crippen LogP contribution in [0.1, 0.15) is 18.1 Å². The van der Waals surface area contributed by atoms with Crippen molar-refractivity contribution < 1.29 is 21.6 Å². The van der Waals surface area contributed by atoms with Crippen LogP contribution in [0.2, 0.25) is 0 Å². The van der Waals surface area contributed by atoms with Gasteiger partial charge in [0.25, 0.3) is 0 Å². The Morgan fingerprint density at radius 3 is 2.58 bits per heavy atom. The minimum Gasteiger partial charge on any atom is -0.376 e. The maximum absolute atomic E-state index is 12.3. The van der Waals surface area contributed by atoms with E-state index in [0.29, 0.717) is 25.3 Å². The Morgan fingerprint density at radius 1 is 1.25 bits per heavy atom. The summed E-state index contributed by atoms with van der Waals surface area (Å²) in [4.78, 5) is 0.172. The predicted molar refractivity (Wildman–Crippen MR) is 91.9 cm³/mol. The SMILES string of the molecule is Cc1ccc(S(=O)(=O)NCCS(=O)(=O)N2CCOC(C)C2)c(C)c1. The largest absolute Gasteiger partial charge is 0.376 e. The molecule has 0 aliphatic carbocycles. The standard InChI is InChI=1S/C15H24N2O5S2/c1-12-4-5-15(13(2)10-12)24(20,21)16-6-9-23(18,19)17-7-8-22-14(3)11-17/h4-5,10,14,16H,6-9,11H2,1-3H3. The lowest BCUT2D eigenvalue weighted by molar-refractivity contribution is 0.0102. The molecule has 0 bridgehead atoms. The van der Waals surface area contributed by atoms with Gasteiger partial charge in [0.15, 0.2) is 0 Å². The normalized spacial score (nSPS) is 20.2. The van der Waals surface area contributed by atoms with Crippen molar-refractivity contribution in [2.45, 2.75) is 31.8 Å². The van der Waals surface area contributed by atoms with Crippen molar-refractivity contribution in [2.75, 3.05) is 32.0 Å². The van der Waals surface area contributed by atoms with Gasteiger partial charge in [0.05, 0.1) is 23.4 Å². The molecule has 1 saturated heterocycles. The second-order valence-electron chi connectivity index (χ2n) is 6.02. The highest BCUT2D eigenvalue weighted by Gasteiger charge is 2.28. The fourth-order valence-corrected chi connectivity index (χ4v) is 5.45. The summed E-state index contributed by atoms with van der Waals surface area (Å²) in [5.41, 5.74) is 1.60. The highest BCUT2D eigenvalue weighted by molar-refractivity contribution is 7.90. The molecular formula is C15H24N2O5S2. The third-order valence-corrected chi connectivity index (χ3v) is 7.33. The van der Waals surface area contributed by atoms with Gasteiger partial charge >= 0.3 is 0 Å². The zero-order chi connectivity index (χ0) is 18.0. The molecule has 1 aromatic carbocycles. The zero-order valence-electron chi connectivity index (χ0n) is 14.1. The summed E-state index contributed by atoms with van der Waals surface area (Å²) in [7, 11) is -7.24. The number of ether oxygens (including phenoxy) is 1. The number of morpholine rings is 1. The van der Waals surface area contributed by atoms with E-state index in [1.807, 2.05) is 13.8 Å². The molecule has 136 valence electrons. The van der Waals surface area contributed by atoms with Crippen molar-refractivity contribution in [3.05, 3.63) is 29.3 Å². The Morgan fingerprint density at radius 2 is 1.96 bits per heavy atom. The first-order valence-electron chi connectivity index (χ1n) is 7.78. The molecular weight excluding hydrogens is 352 g/mol. The van der Waals surface area contributed by atoms with Crippen LogP contribution in [0.3, 0.4) is 0 Å². The lowest BCUT2D eigenvalue weighted by atomic mass is 10.2. The van der Waals surface area contributed by atoms with Crippen molar-refractivity contribution in [2.24, 2.45) is 0 Å². The first kappa shape index (κ1) is 19.3. The van der Waals surface area contributed by atoms with Crippen LogP contribution in [0.15, 0.2) is 23.1 Å². The monoisotopic (exact) mass is 376 g/mol. The Balaban J connectivity index is 1.99. The highest BCUT2D eigenvalue weighted by Crippen LogP contribution is 2.16. The van der Waals surface area contributed by atoms with Crippen LogP contribution < -0.4 is 4.72 Å². The molecule has 1 aliphatic rings. The van der Waals surface area contributed by atoms with E-state index in [0.717, 1.165) is 5.56 Å². The third-order valence-electron chi connectivity index (χ3n) is 3.87. The fourth-order valence-electron chi connectivity index (χ4n) is 2.65. The third kappa shape index (κ3) is 4.76. The van der Waals surface area contributed by atoms with E-state index < -0.39 is 20.0 Å². The molecule has 0 amide bonds. The van der Waals surface area contributed by atoms with Crippen molar-refractivity contribution in [1.29, 1.82) is 0 Å². The molecule has 2 rings (SSSR count). The second kappa shape index (κ2) is 7.49. The van der Waals surface area contributed by atoms with Crippen LogP contribution in [0.25, 0.3) is 0 Å². The van der Waals surface area contributed by atoms with Crippen molar-refractivity contribution in [3.8, 4) is 0 Å². The molecule has 0 saturated carbocycles. The van der Waals surface area contributed by atoms with Gasteiger partial charge in [0.1, 0.15) is 0 Å². The summed E-state index contributed by atoms with van der Waals surface area (Å²) >= 11 is 0. The molecule has 1 fully saturated rings. The number of hydrogen-bond donors (Lipinski definition) is 1. The van der Waals surface area contributed by atoms with Gasteiger partial charge in [-0.2, -0.15) is 4.31 Å². The van der Waals surface area contributed by atoms with E-state index in [1.54, 1.807) is 19.1 Å². The van der Waals surface area contributed by atoms with Gasteiger partial charge in [-0.3, -0.25) is 0 Å². The predicted octanol–water partition coefficient (Wildman–Crippen LogP) is 0.632. The number of nitrogens with zero attached hydrogens (tertiary/aromatic N) is 1. The Labute approximate surface area is 144 Å². The molecule has 1 N–H and O–H groups in total. The molecule has 24 heavy (non-hydrogen) atoms. The van der Waals surface area contributed by atoms with Gasteiger partial charge in [-0.25, -0.2) is 21.6 Å². The van der Waals surface area contributed by atoms with Crippen LogP contribution in [0, 0.1) is 13.8 Å². The Bertz CT molecular complexity index is 790. The topological polar surface area (TPSA) is 92.8 Å². The van der Waals surface area contributed by atoms with Gasteiger partial charge in [0, 0.05) is 19.6 Å². The summed E-state index contributed by atoms with van der Waals surface area (Å²) in [5, 5.41) is 0. The first-order valence-corrected chi connectivity index (χ1v) is 10.9. The summed E-state index contributed by atoms with van der Waals surface area (Å²) < 4.78 is 58.3. The van der Waals surface area contributed by atoms with Crippen molar-refractivity contribution in [1.82, 2.24) is 9.03 Å². The fraction of sp³-hybridized carbons (Fsp3) is 0.600. The number of benzene rings is 1. The van der Waals surface area contributed by atoms with Crippen LogP contribution >= 0.6 is 0 Å². The maximum Gasteiger partial charge on any atom is 0.240 e. The molecule has 1 unspecified atom stereocenters. The average Bonchev–Trinajstić information content (AvgIpc) is 2.46. The van der Waals surface area contributed by atoms with Gasteiger partial charge in [0.2, 0.25) is 20.0 Å². The molecule has 0 radical (unpaired) electrons.